The third kappa shape index (κ3) is 4.44. The summed E-state index contributed by atoms with van der Waals surface area (Å²) in [4.78, 5) is 11.5. The summed E-state index contributed by atoms with van der Waals surface area (Å²) < 4.78 is 10.8. The number of rotatable bonds is 4. The van der Waals surface area contributed by atoms with Crippen LogP contribution in [0.5, 0.6) is 11.5 Å². The molecule has 6 nitrogen and oxygen atoms in total. The van der Waals surface area contributed by atoms with Gasteiger partial charge in [0.25, 0.3) is 0 Å². The lowest BCUT2D eigenvalue weighted by Crippen LogP contribution is -2.19. The number of aromatic nitrogens is 2. The van der Waals surface area contributed by atoms with Crippen molar-refractivity contribution in [2.24, 2.45) is 4.99 Å². The second kappa shape index (κ2) is 10.3. The molecule has 0 saturated carbocycles. The number of hydrogen-bond donors (Lipinski definition) is 0. The predicted octanol–water partition coefficient (Wildman–Crippen LogP) is 10.3. The molecule has 0 saturated heterocycles. The van der Waals surface area contributed by atoms with E-state index in [2.05, 4.69) is 139 Å². The number of aliphatic imine (C=N–C) groups is 1. The zero-order valence-electron chi connectivity index (χ0n) is 26.3. The average molecular weight is 610 g/mol. The molecule has 9 rings (SSSR count). The fourth-order valence-corrected chi connectivity index (χ4v) is 6.70. The summed E-state index contributed by atoms with van der Waals surface area (Å²) in [7, 11) is 0. The fraction of sp³-hybridized carbons (Fsp3) is 0.0976. The van der Waals surface area contributed by atoms with E-state index < -0.39 is 0 Å². The SMILES string of the molecule is CC(C)(C)c1ccnc(-n2c3ccccc3c3ccc(Oc4cccc(N5[C-]=[N+]6C=Nc7cccc(c76)-c6ccccc65)c4)cc32)c1. The largest absolute Gasteiger partial charge is 0.458 e. The van der Waals surface area contributed by atoms with Gasteiger partial charge in [-0.05, 0) is 70.6 Å². The first-order valence-corrected chi connectivity index (χ1v) is 15.8. The van der Waals surface area contributed by atoms with Gasteiger partial charge in [0, 0.05) is 34.4 Å². The third-order valence-electron chi connectivity index (χ3n) is 9.01. The zero-order valence-corrected chi connectivity index (χ0v) is 26.3. The van der Waals surface area contributed by atoms with Crippen LogP contribution in [0.15, 0.2) is 133 Å². The highest BCUT2D eigenvalue weighted by atomic mass is 16.5. The van der Waals surface area contributed by atoms with Crippen LogP contribution in [0.1, 0.15) is 26.3 Å². The molecule has 0 bridgehead atoms. The molecule has 0 atom stereocenters. The number of pyridine rings is 1. The van der Waals surface area contributed by atoms with Crippen molar-refractivity contribution in [1.82, 2.24) is 9.55 Å². The third-order valence-corrected chi connectivity index (χ3v) is 9.01. The van der Waals surface area contributed by atoms with Crippen molar-refractivity contribution in [3.8, 4) is 28.4 Å². The Morgan fingerprint density at radius 3 is 2.40 bits per heavy atom. The summed E-state index contributed by atoms with van der Waals surface area (Å²) in [6.07, 6.45) is 7.30. The molecule has 0 N–H and O–H groups in total. The van der Waals surface area contributed by atoms with Crippen molar-refractivity contribution < 1.29 is 9.31 Å². The van der Waals surface area contributed by atoms with Crippen LogP contribution >= 0.6 is 0 Å². The van der Waals surface area contributed by atoms with Crippen LogP contribution < -0.4 is 9.64 Å². The number of anilines is 2. The van der Waals surface area contributed by atoms with Gasteiger partial charge < -0.3 is 9.64 Å². The molecule has 4 heterocycles. The highest BCUT2D eigenvalue weighted by molar-refractivity contribution is 6.09. The molecule has 0 unspecified atom stereocenters. The molecule has 5 aromatic carbocycles. The number of hydrogen-bond acceptors (Lipinski definition) is 4. The summed E-state index contributed by atoms with van der Waals surface area (Å²) in [5, 5.41) is 2.33. The van der Waals surface area contributed by atoms with Gasteiger partial charge in [0.15, 0.2) is 12.7 Å². The van der Waals surface area contributed by atoms with Crippen molar-refractivity contribution in [3.63, 3.8) is 0 Å². The molecule has 6 heteroatoms. The lowest BCUT2D eigenvalue weighted by Gasteiger charge is -2.23. The summed E-state index contributed by atoms with van der Waals surface area (Å²) in [6, 6.07) is 41.9. The number of benzene rings is 5. The predicted molar refractivity (Wildman–Crippen MR) is 191 cm³/mol. The monoisotopic (exact) mass is 609 g/mol. The van der Waals surface area contributed by atoms with E-state index in [1.807, 2.05) is 41.4 Å². The average Bonchev–Trinajstić information content (AvgIpc) is 3.61. The maximum absolute atomic E-state index is 6.60. The Morgan fingerprint density at radius 2 is 1.49 bits per heavy atom. The molecule has 2 aromatic heterocycles. The van der Waals surface area contributed by atoms with Crippen molar-refractivity contribution in [2.45, 2.75) is 26.2 Å². The molecule has 7 aromatic rings. The molecular formula is C41H31N5O. The Hall–Kier alpha value is -6.01. The summed E-state index contributed by atoms with van der Waals surface area (Å²) >= 11 is 0. The Morgan fingerprint density at radius 1 is 0.702 bits per heavy atom. The minimum atomic E-state index is 0.00510. The van der Waals surface area contributed by atoms with Gasteiger partial charge in [0.05, 0.1) is 16.7 Å². The van der Waals surface area contributed by atoms with E-state index in [-0.39, 0.29) is 5.41 Å². The maximum Gasteiger partial charge on any atom is 0.198 e. The molecule has 0 spiro atoms. The van der Waals surface area contributed by atoms with Gasteiger partial charge in [-0.1, -0.05) is 87.5 Å². The fourth-order valence-electron chi connectivity index (χ4n) is 6.70. The molecule has 2 aliphatic rings. The van der Waals surface area contributed by atoms with E-state index in [0.717, 1.165) is 67.6 Å². The Balaban J connectivity index is 1.13. The van der Waals surface area contributed by atoms with Crippen LogP contribution in [-0.4, -0.2) is 26.8 Å². The molecule has 226 valence electrons. The van der Waals surface area contributed by atoms with Gasteiger partial charge in [-0.3, -0.25) is 9.14 Å². The summed E-state index contributed by atoms with van der Waals surface area (Å²) in [6.45, 7) is 6.69. The van der Waals surface area contributed by atoms with E-state index in [0.29, 0.717) is 0 Å². The van der Waals surface area contributed by atoms with E-state index >= 15 is 0 Å². The molecule has 47 heavy (non-hydrogen) atoms. The Bertz CT molecular complexity index is 2450. The number of fused-ring (bicyclic) bond motifs is 5. The first kappa shape index (κ1) is 27.3. The van der Waals surface area contributed by atoms with E-state index in [4.69, 9.17) is 9.72 Å². The van der Waals surface area contributed by atoms with Gasteiger partial charge in [-0.25, -0.2) is 4.98 Å². The van der Waals surface area contributed by atoms with Crippen LogP contribution in [0.3, 0.4) is 0 Å². The lowest BCUT2D eigenvalue weighted by atomic mass is 9.88. The van der Waals surface area contributed by atoms with Crippen molar-refractivity contribution >= 4 is 57.2 Å². The van der Waals surface area contributed by atoms with Crippen LogP contribution in [0.25, 0.3) is 38.8 Å². The number of para-hydroxylation sites is 3. The van der Waals surface area contributed by atoms with E-state index in [9.17, 15) is 0 Å². The number of nitrogens with zero attached hydrogens (tertiary/aromatic N) is 5. The standard InChI is InChI=1S/C41H31N5O/c1-41(2,3)27-20-21-42-39(22-27)46-37-17-7-5-12-31(37)33-19-18-30(24-38(33)46)47-29-11-8-10-28(23-29)45-26-44-25-43-35-15-9-14-34(40(35)44)32-13-4-6-16-36(32)45/h4-25H,1-3H3. The lowest BCUT2D eigenvalue weighted by molar-refractivity contribution is -0.282. The first-order valence-electron chi connectivity index (χ1n) is 15.8. The Labute approximate surface area is 273 Å². The quantitative estimate of drug-likeness (QED) is 0.147. The summed E-state index contributed by atoms with van der Waals surface area (Å²) in [5.74, 6) is 2.37. The van der Waals surface area contributed by atoms with Crippen LogP contribution in [0, 0.1) is 0 Å². The van der Waals surface area contributed by atoms with Crippen LogP contribution in [0.2, 0.25) is 0 Å². The van der Waals surface area contributed by atoms with Crippen molar-refractivity contribution in [1.29, 1.82) is 0 Å². The van der Waals surface area contributed by atoms with Gasteiger partial charge in [-0.15, -0.1) is 0 Å². The van der Waals surface area contributed by atoms with Gasteiger partial charge in [-0.2, -0.15) is 4.99 Å². The molecule has 0 fully saturated rings. The highest BCUT2D eigenvalue weighted by Gasteiger charge is 2.25. The minimum Gasteiger partial charge on any atom is -0.458 e. The minimum absolute atomic E-state index is 0.00510. The topological polar surface area (TPSA) is 45.7 Å². The van der Waals surface area contributed by atoms with Gasteiger partial charge in [0.2, 0.25) is 0 Å². The highest BCUT2D eigenvalue weighted by Crippen LogP contribution is 2.47. The van der Waals surface area contributed by atoms with Gasteiger partial charge in [0.1, 0.15) is 23.0 Å². The van der Waals surface area contributed by atoms with Crippen LogP contribution in [-0.2, 0) is 5.41 Å². The van der Waals surface area contributed by atoms with E-state index in [1.165, 1.54) is 10.9 Å². The molecule has 0 aliphatic carbocycles. The first-order chi connectivity index (χ1) is 22.9. The second-order valence-corrected chi connectivity index (χ2v) is 13.0. The molecule has 0 radical (unpaired) electrons. The smallest absolute Gasteiger partial charge is 0.198 e. The Kier molecular flexibility index (Phi) is 5.96. The second-order valence-electron chi connectivity index (χ2n) is 13.0. The number of ether oxygens (including phenoxy) is 1. The van der Waals surface area contributed by atoms with Crippen molar-refractivity contribution in [2.75, 3.05) is 4.90 Å². The maximum atomic E-state index is 6.60. The summed E-state index contributed by atoms with van der Waals surface area (Å²) in [5.41, 5.74) is 9.61. The van der Waals surface area contributed by atoms with Crippen LogP contribution in [0.4, 0.5) is 22.7 Å². The molecular weight excluding hydrogens is 578 g/mol. The van der Waals surface area contributed by atoms with Crippen molar-refractivity contribution in [3.05, 3.63) is 133 Å². The normalized spacial score (nSPS) is 13.4. The van der Waals surface area contributed by atoms with E-state index in [1.54, 1.807) is 0 Å². The molecule has 2 aliphatic heterocycles. The van der Waals surface area contributed by atoms with Gasteiger partial charge >= 0.3 is 0 Å². The molecule has 0 amide bonds. The zero-order chi connectivity index (χ0) is 31.7.